The third-order valence-corrected chi connectivity index (χ3v) is 4.54. The predicted molar refractivity (Wildman–Crippen MR) is 101 cm³/mol. The van der Waals surface area contributed by atoms with E-state index in [9.17, 15) is 31.5 Å². The zero-order chi connectivity index (χ0) is 22.5. The first-order valence-corrected chi connectivity index (χ1v) is 9.31. The molecule has 1 atom stereocenters. The maximum atomic E-state index is 13.2. The van der Waals surface area contributed by atoms with Gasteiger partial charge in [0.25, 0.3) is 0 Å². The monoisotopic (exact) mass is 448 g/mol. The molecule has 2 aromatic carbocycles. The molecule has 1 unspecified atom stereocenters. The Morgan fingerprint density at radius 2 is 1.60 bits per heavy atom. The minimum Gasteiger partial charge on any atom is -0.465 e. The second-order valence-corrected chi connectivity index (χ2v) is 7.02. The molecule has 0 N–H and O–H groups in total. The molecule has 0 radical (unpaired) electrons. The summed E-state index contributed by atoms with van der Waals surface area (Å²) in [5.74, 6) is -7.38. The lowest BCUT2D eigenvalue weighted by Gasteiger charge is -2.19. The number of halogens is 6. The largest absolute Gasteiger partial charge is 0.465 e. The molecule has 0 saturated heterocycles. The molecule has 0 saturated carbocycles. The smallest absolute Gasteiger partial charge is 0.453 e. The predicted octanol–water partition coefficient (Wildman–Crippen LogP) is 5.68. The zero-order valence-electron chi connectivity index (χ0n) is 15.8. The summed E-state index contributed by atoms with van der Waals surface area (Å²) in [4.78, 5) is 25.1. The first-order valence-electron chi connectivity index (χ1n) is 8.93. The summed E-state index contributed by atoms with van der Waals surface area (Å²) in [6.07, 6.45) is -7.26. The topological polar surface area (TPSA) is 43.4 Å². The quantitative estimate of drug-likeness (QED) is 0.226. The van der Waals surface area contributed by atoms with Crippen molar-refractivity contribution in [1.29, 1.82) is 0 Å². The van der Waals surface area contributed by atoms with E-state index in [1.54, 1.807) is 19.1 Å². The molecule has 0 aromatic heterocycles. The van der Waals surface area contributed by atoms with E-state index >= 15 is 0 Å². The molecule has 2 aromatic rings. The first kappa shape index (κ1) is 23.8. The van der Waals surface area contributed by atoms with Crippen LogP contribution < -0.4 is 0 Å². The minimum absolute atomic E-state index is 0.0453. The number of ether oxygens (including phenoxy) is 1. The Bertz CT molecular complexity index is 894. The van der Waals surface area contributed by atoms with Crippen LogP contribution in [-0.4, -0.2) is 30.5 Å². The van der Waals surface area contributed by atoms with Crippen molar-refractivity contribution in [2.75, 3.05) is 6.61 Å². The van der Waals surface area contributed by atoms with Crippen molar-refractivity contribution in [1.82, 2.24) is 0 Å². The fourth-order valence-electron chi connectivity index (χ4n) is 2.75. The Morgan fingerprint density at radius 3 is 2.13 bits per heavy atom. The lowest BCUT2D eigenvalue weighted by Crippen LogP contribution is -2.38. The summed E-state index contributed by atoms with van der Waals surface area (Å²) >= 11 is 5.89. The second-order valence-electron chi connectivity index (χ2n) is 6.58. The standard InChI is InChI=1S/C21H18ClF5O3/c1-2-30-19(29)17(18(28)15-4-3-5-16(22)11-15)10-13-6-8-14(9-7-13)12-20(23,24)21(25,26)27/h3-9,11,17H,2,10,12H2,1H3. The molecule has 3 nitrogen and oxygen atoms in total. The van der Waals surface area contributed by atoms with Gasteiger partial charge in [0.05, 0.1) is 6.61 Å². The van der Waals surface area contributed by atoms with Gasteiger partial charge in [-0.25, -0.2) is 0 Å². The molecule has 0 heterocycles. The van der Waals surface area contributed by atoms with E-state index in [4.69, 9.17) is 16.3 Å². The SMILES string of the molecule is CCOC(=O)C(Cc1ccc(CC(F)(F)C(F)(F)F)cc1)C(=O)c1cccc(Cl)c1. The molecule has 30 heavy (non-hydrogen) atoms. The van der Waals surface area contributed by atoms with Crippen LogP contribution in [0.15, 0.2) is 48.5 Å². The molecule has 162 valence electrons. The van der Waals surface area contributed by atoms with Crippen molar-refractivity contribution < 1.29 is 36.3 Å². The minimum atomic E-state index is -5.65. The number of carbonyl (C=O) groups is 2. The lowest BCUT2D eigenvalue weighted by atomic mass is 9.90. The Hall–Kier alpha value is -2.48. The van der Waals surface area contributed by atoms with Crippen LogP contribution >= 0.6 is 11.6 Å². The van der Waals surface area contributed by atoms with Gasteiger partial charge in [0.1, 0.15) is 5.92 Å². The van der Waals surface area contributed by atoms with Crippen molar-refractivity contribution in [2.24, 2.45) is 5.92 Å². The van der Waals surface area contributed by atoms with E-state index in [2.05, 4.69) is 0 Å². The first-order chi connectivity index (χ1) is 13.9. The van der Waals surface area contributed by atoms with E-state index in [1.165, 1.54) is 24.3 Å². The van der Waals surface area contributed by atoms with Gasteiger partial charge < -0.3 is 4.74 Å². The van der Waals surface area contributed by atoms with E-state index in [0.29, 0.717) is 10.6 Å². The van der Waals surface area contributed by atoms with Crippen LogP contribution in [-0.2, 0) is 22.4 Å². The lowest BCUT2D eigenvalue weighted by molar-refractivity contribution is -0.281. The number of esters is 1. The molecular formula is C21H18ClF5O3. The number of benzene rings is 2. The molecule has 0 bridgehead atoms. The summed E-state index contributed by atoms with van der Waals surface area (Å²) in [5, 5.41) is 0.304. The van der Waals surface area contributed by atoms with Crippen molar-refractivity contribution >= 4 is 23.4 Å². The highest BCUT2D eigenvalue weighted by molar-refractivity contribution is 6.31. The summed E-state index contributed by atoms with van der Waals surface area (Å²) in [6, 6.07) is 10.8. The fraction of sp³-hybridized carbons (Fsp3) is 0.333. The third-order valence-electron chi connectivity index (χ3n) is 4.30. The van der Waals surface area contributed by atoms with Crippen LogP contribution in [0.2, 0.25) is 5.02 Å². The maximum absolute atomic E-state index is 13.2. The van der Waals surface area contributed by atoms with Gasteiger partial charge in [-0.05, 0) is 36.6 Å². The van der Waals surface area contributed by atoms with Crippen molar-refractivity contribution in [3.8, 4) is 0 Å². The van der Waals surface area contributed by atoms with Crippen LogP contribution in [0.25, 0.3) is 0 Å². The van der Waals surface area contributed by atoms with E-state index in [1.807, 2.05) is 0 Å². The van der Waals surface area contributed by atoms with Gasteiger partial charge in [-0.2, -0.15) is 22.0 Å². The molecule has 0 aliphatic rings. The van der Waals surface area contributed by atoms with E-state index < -0.39 is 36.2 Å². The molecule has 0 fully saturated rings. The van der Waals surface area contributed by atoms with Crippen LogP contribution in [0.1, 0.15) is 28.4 Å². The van der Waals surface area contributed by atoms with E-state index in [0.717, 1.165) is 12.1 Å². The van der Waals surface area contributed by atoms with Crippen LogP contribution in [0.3, 0.4) is 0 Å². The summed E-state index contributed by atoms with van der Waals surface area (Å²) in [7, 11) is 0. The van der Waals surface area contributed by atoms with Crippen molar-refractivity contribution in [3.05, 3.63) is 70.2 Å². The number of alkyl halides is 5. The summed E-state index contributed by atoms with van der Waals surface area (Å²) in [5.41, 5.74) is 0.374. The highest BCUT2D eigenvalue weighted by Crippen LogP contribution is 2.38. The van der Waals surface area contributed by atoms with Gasteiger partial charge in [0.2, 0.25) is 0 Å². The van der Waals surface area contributed by atoms with Gasteiger partial charge in [-0.1, -0.05) is 48.0 Å². The zero-order valence-corrected chi connectivity index (χ0v) is 16.6. The average molecular weight is 449 g/mol. The molecule has 9 heteroatoms. The summed E-state index contributed by atoms with van der Waals surface area (Å²) in [6.45, 7) is 1.62. The Morgan fingerprint density at radius 1 is 1.00 bits per heavy atom. The normalized spacial score (nSPS) is 13.0. The molecule has 2 rings (SSSR count). The molecule has 0 aliphatic carbocycles. The Labute approximate surface area is 174 Å². The number of hydrogen-bond acceptors (Lipinski definition) is 3. The number of carbonyl (C=O) groups excluding carboxylic acids is 2. The Balaban J connectivity index is 2.22. The van der Waals surface area contributed by atoms with Crippen molar-refractivity contribution in [3.63, 3.8) is 0 Å². The number of Topliss-reactive ketones (excluding diaryl/α,β-unsaturated/α-hetero) is 1. The number of ketones is 1. The van der Waals surface area contributed by atoms with Crippen LogP contribution in [0, 0.1) is 5.92 Å². The van der Waals surface area contributed by atoms with Gasteiger partial charge in [0, 0.05) is 17.0 Å². The fourth-order valence-corrected chi connectivity index (χ4v) is 2.94. The molecule has 0 aliphatic heterocycles. The van der Waals surface area contributed by atoms with Crippen molar-refractivity contribution in [2.45, 2.75) is 31.9 Å². The van der Waals surface area contributed by atoms with E-state index in [-0.39, 0.29) is 24.2 Å². The van der Waals surface area contributed by atoms with Gasteiger partial charge in [-0.15, -0.1) is 0 Å². The highest BCUT2D eigenvalue weighted by atomic mass is 35.5. The highest BCUT2D eigenvalue weighted by Gasteiger charge is 2.57. The second kappa shape index (κ2) is 9.55. The van der Waals surface area contributed by atoms with Crippen LogP contribution in [0.4, 0.5) is 22.0 Å². The molecular weight excluding hydrogens is 431 g/mol. The summed E-state index contributed by atoms with van der Waals surface area (Å²) < 4.78 is 68.4. The number of rotatable bonds is 8. The third kappa shape index (κ3) is 6.01. The van der Waals surface area contributed by atoms with Gasteiger partial charge in [0.15, 0.2) is 5.78 Å². The molecule has 0 spiro atoms. The van der Waals surface area contributed by atoms with Gasteiger partial charge in [-0.3, -0.25) is 9.59 Å². The van der Waals surface area contributed by atoms with Crippen LogP contribution in [0.5, 0.6) is 0 Å². The molecule has 0 amide bonds. The van der Waals surface area contributed by atoms with Gasteiger partial charge >= 0.3 is 18.1 Å². The average Bonchev–Trinajstić information content (AvgIpc) is 2.66. The number of hydrogen-bond donors (Lipinski definition) is 0. The Kier molecular flexibility index (Phi) is 7.58. The maximum Gasteiger partial charge on any atom is 0.453 e.